The first-order chi connectivity index (χ1) is 17.3. The minimum atomic E-state index is -2.67. The molecule has 6 rings (SSSR count). The minimum absolute atomic E-state index is 0.0447. The number of nitrogens with zero attached hydrogens (tertiary/aromatic N) is 4. The Kier molecular flexibility index (Phi) is 5.33. The predicted molar refractivity (Wildman–Crippen MR) is 144 cm³/mol. The molecule has 0 bridgehead atoms. The van der Waals surface area contributed by atoms with Gasteiger partial charge < -0.3 is 19.8 Å². The summed E-state index contributed by atoms with van der Waals surface area (Å²) in [6.07, 6.45) is 4.50. The van der Waals surface area contributed by atoms with Gasteiger partial charge in [0, 0.05) is 12.5 Å². The van der Waals surface area contributed by atoms with Gasteiger partial charge in [-0.05, 0) is 34.2 Å². The number of aromatic nitrogens is 4. The Morgan fingerprint density at radius 3 is 2.25 bits per heavy atom. The Morgan fingerprint density at radius 2 is 1.64 bits per heavy atom. The number of hydrogen-bond donors (Lipinski definition) is 2. The second-order valence-corrected chi connectivity index (χ2v) is 15.7. The highest BCUT2D eigenvalue weighted by molar-refractivity contribution is 6.99. The maximum atomic E-state index is 11.3. The molecule has 2 aromatic heterocycles. The third kappa shape index (κ3) is 3.35. The van der Waals surface area contributed by atoms with Crippen LogP contribution < -0.4 is 16.1 Å². The first-order valence-electron chi connectivity index (χ1n) is 12.6. The van der Waals surface area contributed by atoms with Gasteiger partial charge in [-0.1, -0.05) is 81.4 Å². The van der Waals surface area contributed by atoms with Crippen LogP contribution in [0.15, 0.2) is 73.3 Å². The summed E-state index contributed by atoms with van der Waals surface area (Å²) < 4.78 is 9.32. The summed E-state index contributed by atoms with van der Waals surface area (Å²) in [6, 6.07) is 21.3. The van der Waals surface area contributed by atoms with Crippen LogP contribution in [-0.4, -0.2) is 45.7 Å². The molecule has 0 saturated heterocycles. The molecule has 0 spiro atoms. The first kappa shape index (κ1) is 23.3. The van der Waals surface area contributed by atoms with Crippen molar-refractivity contribution in [2.45, 2.75) is 50.3 Å². The Balaban J connectivity index is 1.34. The van der Waals surface area contributed by atoms with Crippen LogP contribution in [0.25, 0.3) is 11.2 Å². The number of aliphatic hydroxyl groups excluding tert-OH is 1. The smallest absolute Gasteiger partial charge is 0.261 e. The Labute approximate surface area is 212 Å². The lowest BCUT2D eigenvalue weighted by Crippen LogP contribution is -2.67. The first-order valence-corrected chi connectivity index (χ1v) is 14.6. The highest BCUT2D eigenvalue weighted by Crippen LogP contribution is 2.64. The SMILES string of the molecule is CC(C)(C)[Si](OC[C@@H]1[C@H](O)C[C@@]2(n3cnc4c(N)ncnc43)C[C@@H]12)(c1ccccc1)c1ccccc1. The van der Waals surface area contributed by atoms with Gasteiger partial charge in [-0.25, -0.2) is 15.0 Å². The lowest BCUT2D eigenvalue weighted by atomic mass is 10.0. The minimum Gasteiger partial charge on any atom is -0.407 e. The standard InChI is InChI=1S/C28H33N5O2Si/c1-27(2,3)36(19-10-6-4-7-11-19,20-12-8-5-9-13-20)35-16-21-22-14-28(22,15-23(21)34)33-18-32-24-25(29)30-17-31-26(24)33/h4-13,17-18,21-23,34H,14-16H2,1-3H3,(H2,29,30,31)/t21-,22-,23+,28-/m0/s1. The Bertz CT molecular complexity index is 1350. The zero-order chi connectivity index (χ0) is 25.1. The van der Waals surface area contributed by atoms with E-state index in [0.29, 0.717) is 30.3 Å². The summed E-state index contributed by atoms with van der Waals surface area (Å²) in [5.74, 6) is 0.736. The van der Waals surface area contributed by atoms with E-state index in [0.717, 1.165) is 12.1 Å². The summed E-state index contributed by atoms with van der Waals surface area (Å²) in [4.78, 5) is 13.0. The zero-order valence-electron chi connectivity index (χ0n) is 21.0. The molecule has 2 aliphatic carbocycles. The topological polar surface area (TPSA) is 99.1 Å². The van der Waals surface area contributed by atoms with E-state index in [9.17, 15) is 5.11 Å². The van der Waals surface area contributed by atoms with Gasteiger partial charge in [-0.3, -0.25) is 0 Å². The van der Waals surface area contributed by atoms with Crippen LogP contribution in [0.3, 0.4) is 0 Å². The van der Waals surface area contributed by atoms with Crippen LogP contribution in [0.5, 0.6) is 0 Å². The fourth-order valence-corrected chi connectivity index (χ4v) is 11.3. The van der Waals surface area contributed by atoms with Crippen molar-refractivity contribution in [3.05, 3.63) is 73.3 Å². The van der Waals surface area contributed by atoms with Crippen molar-refractivity contribution in [1.29, 1.82) is 0 Å². The molecule has 2 saturated carbocycles. The van der Waals surface area contributed by atoms with Crippen LogP contribution >= 0.6 is 0 Å². The van der Waals surface area contributed by atoms with Crippen molar-refractivity contribution < 1.29 is 9.53 Å². The van der Waals surface area contributed by atoms with Crippen molar-refractivity contribution in [1.82, 2.24) is 19.5 Å². The summed E-state index contributed by atoms with van der Waals surface area (Å²) in [5.41, 5.74) is 7.21. The summed E-state index contributed by atoms with van der Waals surface area (Å²) in [7, 11) is -2.67. The van der Waals surface area contributed by atoms with E-state index < -0.39 is 14.4 Å². The molecule has 4 aromatic rings. The molecule has 186 valence electrons. The number of hydrogen-bond acceptors (Lipinski definition) is 6. The second kappa shape index (κ2) is 8.23. The number of nitrogens with two attached hydrogens (primary N) is 1. The number of benzene rings is 2. The van der Waals surface area contributed by atoms with E-state index in [-0.39, 0.29) is 16.5 Å². The van der Waals surface area contributed by atoms with E-state index in [2.05, 4.69) is 101 Å². The zero-order valence-corrected chi connectivity index (χ0v) is 22.0. The van der Waals surface area contributed by atoms with Crippen molar-refractivity contribution in [3.63, 3.8) is 0 Å². The van der Waals surface area contributed by atoms with Gasteiger partial charge in [0.2, 0.25) is 0 Å². The van der Waals surface area contributed by atoms with Gasteiger partial charge in [0.05, 0.1) is 18.0 Å². The van der Waals surface area contributed by atoms with Crippen molar-refractivity contribution >= 4 is 35.7 Å². The molecule has 0 unspecified atom stereocenters. The van der Waals surface area contributed by atoms with Gasteiger partial charge in [0.15, 0.2) is 11.5 Å². The van der Waals surface area contributed by atoms with E-state index in [1.807, 2.05) is 6.33 Å². The lowest BCUT2D eigenvalue weighted by molar-refractivity contribution is 0.0759. The van der Waals surface area contributed by atoms with Crippen LogP contribution in [0.1, 0.15) is 33.6 Å². The van der Waals surface area contributed by atoms with E-state index in [1.54, 1.807) is 0 Å². The largest absolute Gasteiger partial charge is 0.407 e. The molecular weight excluding hydrogens is 466 g/mol. The average Bonchev–Trinajstić information content (AvgIpc) is 3.25. The molecule has 3 N–H and O–H groups in total. The van der Waals surface area contributed by atoms with Crippen LogP contribution in [0.2, 0.25) is 5.04 Å². The molecule has 36 heavy (non-hydrogen) atoms. The molecule has 2 heterocycles. The summed E-state index contributed by atoms with van der Waals surface area (Å²) in [6.45, 7) is 7.37. The number of nitrogen functional groups attached to an aromatic ring is 1. The molecule has 0 amide bonds. The number of imidazole rings is 1. The third-order valence-corrected chi connectivity index (χ3v) is 13.4. The number of anilines is 1. The monoisotopic (exact) mass is 499 g/mol. The number of rotatable bonds is 6. The van der Waals surface area contributed by atoms with Gasteiger partial charge in [0.1, 0.15) is 11.8 Å². The van der Waals surface area contributed by atoms with Gasteiger partial charge in [-0.15, -0.1) is 0 Å². The van der Waals surface area contributed by atoms with Crippen molar-refractivity contribution in [2.24, 2.45) is 11.8 Å². The summed E-state index contributed by atoms with van der Waals surface area (Å²) in [5, 5.41) is 13.7. The highest BCUT2D eigenvalue weighted by Gasteiger charge is 2.67. The van der Waals surface area contributed by atoms with E-state index >= 15 is 0 Å². The molecule has 0 radical (unpaired) electrons. The summed E-state index contributed by atoms with van der Waals surface area (Å²) >= 11 is 0. The fraction of sp³-hybridized carbons (Fsp3) is 0.393. The average molecular weight is 500 g/mol. The molecule has 7 nitrogen and oxygen atoms in total. The van der Waals surface area contributed by atoms with Gasteiger partial charge in [0.25, 0.3) is 8.32 Å². The number of fused-ring (bicyclic) bond motifs is 2. The van der Waals surface area contributed by atoms with Gasteiger partial charge >= 0.3 is 0 Å². The van der Waals surface area contributed by atoms with Gasteiger partial charge in [-0.2, -0.15) is 0 Å². The third-order valence-electron chi connectivity index (χ3n) is 8.43. The predicted octanol–water partition coefficient (Wildman–Crippen LogP) is 3.08. The Hall–Kier alpha value is -3.07. The molecule has 4 atom stereocenters. The highest BCUT2D eigenvalue weighted by atomic mass is 28.4. The lowest BCUT2D eigenvalue weighted by Gasteiger charge is -2.43. The normalized spacial score (nSPS) is 25.7. The van der Waals surface area contributed by atoms with Crippen molar-refractivity contribution in [2.75, 3.05) is 12.3 Å². The fourth-order valence-electron chi connectivity index (χ4n) is 6.65. The van der Waals surface area contributed by atoms with Crippen LogP contribution in [0.4, 0.5) is 5.82 Å². The molecular formula is C28H33N5O2Si. The van der Waals surface area contributed by atoms with Crippen LogP contribution in [-0.2, 0) is 9.96 Å². The molecule has 2 aromatic carbocycles. The quantitative estimate of drug-likeness (QED) is 0.396. The molecule has 2 fully saturated rings. The molecule has 8 heteroatoms. The van der Waals surface area contributed by atoms with E-state index in [1.165, 1.54) is 16.7 Å². The number of aliphatic hydroxyl groups is 1. The van der Waals surface area contributed by atoms with E-state index in [4.69, 9.17) is 10.2 Å². The van der Waals surface area contributed by atoms with Crippen molar-refractivity contribution in [3.8, 4) is 0 Å². The van der Waals surface area contributed by atoms with Crippen LogP contribution in [0, 0.1) is 11.8 Å². The maximum absolute atomic E-state index is 11.3. The maximum Gasteiger partial charge on any atom is 0.261 e. The molecule has 2 aliphatic rings. The Morgan fingerprint density at radius 1 is 1.00 bits per heavy atom. The molecule has 0 aliphatic heterocycles. The second-order valence-electron chi connectivity index (χ2n) is 11.4.